The number of nitrogens with one attached hydrogen (secondary N) is 1. The molecular weight excluding hydrogens is 266 g/mol. The maximum absolute atomic E-state index is 11.6. The Morgan fingerprint density at radius 3 is 2.81 bits per heavy atom. The first-order valence-corrected chi connectivity index (χ1v) is 6.79. The number of nitrogens with zero attached hydrogens (tertiary/aromatic N) is 1. The van der Waals surface area contributed by atoms with Crippen LogP contribution < -0.4 is 15.8 Å². The third-order valence-electron chi connectivity index (χ3n) is 2.95. The van der Waals surface area contributed by atoms with Gasteiger partial charge in [-0.15, -0.1) is 0 Å². The molecule has 110 valence electrons. The minimum Gasteiger partial charge on any atom is -0.439 e. The molecule has 0 aliphatic rings. The molecule has 1 heterocycles. The predicted molar refractivity (Wildman–Crippen MR) is 82.5 cm³/mol. The van der Waals surface area contributed by atoms with Crippen molar-refractivity contribution >= 4 is 11.6 Å². The van der Waals surface area contributed by atoms with Crippen LogP contribution in [-0.2, 0) is 4.79 Å². The molecule has 0 aliphatic carbocycles. The second kappa shape index (κ2) is 6.85. The Labute approximate surface area is 124 Å². The summed E-state index contributed by atoms with van der Waals surface area (Å²) in [5.74, 6) is 1.09. The highest BCUT2D eigenvalue weighted by atomic mass is 16.5. The molecule has 0 aliphatic heterocycles. The summed E-state index contributed by atoms with van der Waals surface area (Å²) in [5.41, 5.74) is 8.08. The van der Waals surface area contributed by atoms with Gasteiger partial charge in [-0.2, -0.15) is 0 Å². The summed E-state index contributed by atoms with van der Waals surface area (Å²) in [4.78, 5) is 15.7. The smallest absolute Gasteiger partial charge is 0.225 e. The van der Waals surface area contributed by atoms with Crippen LogP contribution in [0.3, 0.4) is 0 Å². The van der Waals surface area contributed by atoms with Crippen LogP contribution in [0.5, 0.6) is 11.6 Å². The lowest BCUT2D eigenvalue weighted by atomic mass is 10.2. The van der Waals surface area contributed by atoms with Gasteiger partial charge in [-0.05, 0) is 37.1 Å². The SMILES string of the molecule is Cc1ccnc(Oc2cc(NC(=O)CCN)ccc2C)c1. The number of aryl methyl sites for hydroxylation is 2. The average Bonchev–Trinajstić information content (AvgIpc) is 2.43. The molecule has 0 spiro atoms. The maximum Gasteiger partial charge on any atom is 0.225 e. The summed E-state index contributed by atoms with van der Waals surface area (Å²) >= 11 is 0. The zero-order chi connectivity index (χ0) is 15.2. The van der Waals surface area contributed by atoms with Crippen molar-refractivity contribution in [2.45, 2.75) is 20.3 Å². The lowest BCUT2D eigenvalue weighted by Gasteiger charge is -2.11. The second-order valence-corrected chi connectivity index (χ2v) is 4.84. The molecule has 0 saturated heterocycles. The first-order chi connectivity index (χ1) is 10.1. The maximum atomic E-state index is 11.6. The van der Waals surface area contributed by atoms with E-state index in [4.69, 9.17) is 10.5 Å². The number of hydrogen-bond acceptors (Lipinski definition) is 4. The average molecular weight is 285 g/mol. The Hall–Kier alpha value is -2.40. The van der Waals surface area contributed by atoms with Crippen molar-refractivity contribution in [3.05, 3.63) is 47.7 Å². The number of anilines is 1. The summed E-state index contributed by atoms with van der Waals surface area (Å²) in [6.45, 7) is 4.25. The first kappa shape index (κ1) is 15.0. The number of benzene rings is 1. The lowest BCUT2D eigenvalue weighted by molar-refractivity contribution is -0.116. The number of carbonyl (C=O) groups excluding carboxylic acids is 1. The fraction of sp³-hybridized carbons (Fsp3) is 0.250. The van der Waals surface area contributed by atoms with Gasteiger partial charge in [0.05, 0.1) is 0 Å². The Morgan fingerprint density at radius 1 is 1.29 bits per heavy atom. The molecule has 1 amide bonds. The van der Waals surface area contributed by atoms with E-state index >= 15 is 0 Å². The van der Waals surface area contributed by atoms with Crippen LogP contribution in [0.2, 0.25) is 0 Å². The molecule has 0 radical (unpaired) electrons. The molecule has 5 nitrogen and oxygen atoms in total. The van der Waals surface area contributed by atoms with E-state index < -0.39 is 0 Å². The molecule has 5 heteroatoms. The highest BCUT2D eigenvalue weighted by Gasteiger charge is 2.07. The molecule has 0 atom stereocenters. The summed E-state index contributed by atoms with van der Waals surface area (Å²) in [5, 5.41) is 2.79. The van der Waals surface area contributed by atoms with Crippen molar-refractivity contribution < 1.29 is 9.53 Å². The van der Waals surface area contributed by atoms with Crippen molar-refractivity contribution in [2.24, 2.45) is 5.73 Å². The van der Waals surface area contributed by atoms with Gasteiger partial charge in [0.2, 0.25) is 11.8 Å². The van der Waals surface area contributed by atoms with Gasteiger partial charge in [0, 0.05) is 37.0 Å². The largest absolute Gasteiger partial charge is 0.439 e. The van der Waals surface area contributed by atoms with Crippen molar-refractivity contribution in [1.29, 1.82) is 0 Å². The van der Waals surface area contributed by atoms with Crippen LogP contribution in [0.15, 0.2) is 36.5 Å². The zero-order valence-corrected chi connectivity index (χ0v) is 12.2. The number of aromatic nitrogens is 1. The fourth-order valence-corrected chi connectivity index (χ4v) is 1.82. The third kappa shape index (κ3) is 4.29. The summed E-state index contributed by atoms with van der Waals surface area (Å²) < 4.78 is 5.79. The van der Waals surface area contributed by atoms with Gasteiger partial charge in [0.1, 0.15) is 5.75 Å². The van der Waals surface area contributed by atoms with Gasteiger partial charge in [0.15, 0.2) is 0 Å². The Balaban J connectivity index is 2.17. The molecule has 3 N–H and O–H groups in total. The first-order valence-electron chi connectivity index (χ1n) is 6.79. The van der Waals surface area contributed by atoms with Crippen LogP contribution in [-0.4, -0.2) is 17.4 Å². The zero-order valence-electron chi connectivity index (χ0n) is 12.2. The third-order valence-corrected chi connectivity index (χ3v) is 2.95. The van der Waals surface area contributed by atoms with Gasteiger partial charge in [-0.3, -0.25) is 4.79 Å². The van der Waals surface area contributed by atoms with Gasteiger partial charge in [-0.25, -0.2) is 4.98 Å². The van der Waals surface area contributed by atoms with E-state index in [1.807, 2.05) is 38.1 Å². The molecule has 0 bridgehead atoms. The molecule has 1 aromatic carbocycles. The standard InChI is InChI=1S/C16H19N3O2/c1-11-6-8-18-16(9-11)21-14-10-13(4-3-12(14)2)19-15(20)5-7-17/h3-4,6,8-10H,5,7,17H2,1-2H3,(H,19,20). The number of pyridine rings is 1. The van der Waals surface area contributed by atoms with E-state index in [0.29, 0.717) is 30.3 Å². The number of hydrogen-bond donors (Lipinski definition) is 2. The second-order valence-electron chi connectivity index (χ2n) is 4.84. The molecular formula is C16H19N3O2. The summed E-state index contributed by atoms with van der Waals surface area (Å²) in [7, 11) is 0. The van der Waals surface area contributed by atoms with E-state index in [1.165, 1.54) is 0 Å². The van der Waals surface area contributed by atoms with E-state index in [1.54, 1.807) is 12.3 Å². The van der Waals surface area contributed by atoms with E-state index in [2.05, 4.69) is 10.3 Å². The predicted octanol–water partition coefficient (Wildman–Crippen LogP) is 2.78. The van der Waals surface area contributed by atoms with E-state index in [9.17, 15) is 4.79 Å². The van der Waals surface area contributed by atoms with E-state index in [0.717, 1.165) is 11.1 Å². The minimum atomic E-state index is -0.110. The van der Waals surface area contributed by atoms with Gasteiger partial charge in [0.25, 0.3) is 0 Å². The highest BCUT2D eigenvalue weighted by Crippen LogP contribution is 2.27. The normalized spacial score (nSPS) is 10.2. The van der Waals surface area contributed by atoms with Gasteiger partial charge < -0.3 is 15.8 Å². The minimum absolute atomic E-state index is 0.110. The summed E-state index contributed by atoms with van der Waals surface area (Å²) in [6.07, 6.45) is 2.00. The van der Waals surface area contributed by atoms with Crippen molar-refractivity contribution in [3.63, 3.8) is 0 Å². The number of nitrogens with two attached hydrogens (primary N) is 1. The molecule has 21 heavy (non-hydrogen) atoms. The number of ether oxygens (including phenoxy) is 1. The number of carbonyl (C=O) groups is 1. The summed E-state index contributed by atoms with van der Waals surface area (Å²) in [6, 6.07) is 9.28. The monoisotopic (exact) mass is 285 g/mol. The van der Waals surface area contributed by atoms with Crippen LogP contribution >= 0.6 is 0 Å². The van der Waals surface area contributed by atoms with Crippen LogP contribution in [0, 0.1) is 13.8 Å². The molecule has 1 aromatic heterocycles. The van der Waals surface area contributed by atoms with Crippen molar-refractivity contribution in [2.75, 3.05) is 11.9 Å². The Morgan fingerprint density at radius 2 is 2.10 bits per heavy atom. The Bertz CT molecular complexity index is 641. The lowest BCUT2D eigenvalue weighted by Crippen LogP contribution is -2.16. The topological polar surface area (TPSA) is 77.2 Å². The van der Waals surface area contributed by atoms with Crippen LogP contribution in [0.4, 0.5) is 5.69 Å². The molecule has 2 rings (SSSR count). The highest BCUT2D eigenvalue weighted by molar-refractivity contribution is 5.91. The molecule has 0 saturated carbocycles. The van der Waals surface area contributed by atoms with Crippen LogP contribution in [0.1, 0.15) is 17.5 Å². The van der Waals surface area contributed by atoms with Gasteiger partial charge >= 0.3 is 0 Å². The number of amides is 1. The molecule has 2 aromatic rings. The molecule has 0 fully saturated rings. The number of rotatable bonds is 5. The van der Waals surface area contributed by atoms with Crippen molar-refractivity contribution in [3.8, 4) is 11.6 Å². The Kier molecular flexibility index (Phi) is 4.90. The van der Waals surface area contributed by atoms with Crippen LogP contribution in [0.25, 0.3) is 0 Å². The quantitative estimate of drug-likeness (QED) is 0.885. The van der Waals surface area contributed by atoms with E-state index in [-0.39, 0.29) is 5.91 Å². The van der Waals surface area contributed by atoms with Gasteiger partial charge in [-0.1, -0.05) is 6.07 Å². The van der Waals surface area contributed by atoms with Crippen molar-refractivity contribution in [1.82, 2.24) is 4.98 Å². The molecule has 0 unspecified atom stereocenters. The fourth-order valence-electron chi connectivity index (χ4n) is 1.82.